The van der Waals surface area contributed by atoms with Crippen molar-refractivity contribution in [2.24, 2.45) is 0 Å². The fourth-order valence-corrected chi connectivity index (χ4v) is 3.21. The van der Waals surface area contributed by atoms with Crippen molar-refractivity contribution in [3.63, 3.8) is 0 Å². The van der Waals surface area contributed by atoms with Crippen LogP contribution in [0.2, 0.25) is 5.02 Å². The number of halogens is 2. The molecule has 0 atom stereocenters. The second kappa shape index (κ2) is 8.30. The molecule has 0 aliphatic heterocycles. The fraction of sp³-hybridized carbons (Fsp3) is 0.312. The lowest BCUT2D eigenvalue weighted by Gasteiger charge is -2.18. The van der Waals surface area contributed by atoms with E-state index in [1.807, 2.05) is 11.5 Å². The quantitative estimate of drug-likeness (QED) is 0.555. The molecular weight excluding hydrogens is 351 g/mol. The maximum absolute atomic E-state index is 13.8. The van der Waals surface area contributed by atoms with Crippen LogP contribution in [0.1, 0.15) is 11.4 Å². The minimum Gasteiger partial charge on any atom is -0.341 e. The third-order valence-corrected chi connectivity index (χ3v) is 4.73. The zero-order valence-electron chi connectivity index (χ0n) is 13.5. The first-order valence-electron chi connectivity index (χ1n) is 7.24. The lowest BCUT2D eigenvalue weighted by Crippen LogP contribution is -2.28. The SMILES string of the molecule is C=CCn1c(C)nnc1SCC(=O)N(C)Cc1c(F)cccc1Cl. The van der Waals surface area contributed by atoms with Gasteiger partial charge in [-0.15, -0.1) is 16.8 Å². The Bertz CT molecular complexity index is 729. The second-order valence-corrected chi connectivity index (χ2v) is 6.52. The zero-order valence-corrected chi connectivity index (χ0v) is 15.1. The smallest absolute Gasteiger partial charge is 0.233 e. The normalized spacial score (nSPS) is 10.7. The molecular formula is C16H18ClFN4OS. The van der Waals surface area contributed by atoms with Gasteiger partial charge in [-0.2, -0.15) is 0 Å². The highest BCUT2D eigenvalue weighted by molar-refractivity contribution is 7.99. The van der Waals surface area contributed by atoms with Gasteiger partial charge in [0.2, 0.25) is 5.91 Å². The molecule has 1 aromatic carbocycles. The maximum Gasteiger partial charge on any atom is 0.233 e. The Kier molecular flexibility index (Phi) is 6.39. The van der Waals surface area contributed by atoms with Crippen molar-refractivity contribution in [2.45, 2.75) is 25.2 Å². The number of carbonyl (C=O) groups is 1. The van der Waals surface area contributed by atoms with Crippen molar-refractivity contribution in [1.82, 2.24) is 19.7 Å². The molecule has 0 fully saturated rings. The van der Waals surface area contributed by atoms with Crippen molar-refractivity contribution in [1.29, 1.82) is 0 Å². The van der Waals surface area contributed by atoms with E-state index in [2.05, 4.69) is 16.8 Å². The van der Waals surface area contributed by atoms with E-state index in [1.54, 1.807) is 19.2 Å². The topological polar surface area (TPSA) is 51.0 Å². The molecule has 1 aromatic heterocycles. The second-order valence-electron chi connectivity index (χ2n) is 5.17. The van der Waals surface area contributed by atoms with Crippen molar-refractivity contribution in [3.05, 3.63) is 53.1 Å². The largest absolute Gasteiger partial charge is 0.341 e. The van der Waals surface area contributed by atoms with E-state index < -0.39 is 5.82 Å². The van der Waals surface area contributed by atoms with E-state index in [0.29, 0.717) is 22.3 Å². The van der Waals surface area contributed by atoms with E-state index in [4.69, 9.17) is 11.6 Å². The third kappa shape index (κ3) is 4.36. The van der Waals surface area contributed by atoms with E-state index in [0.717, 1.165) is 5.82 Å². The van der Waals surface area contributed by atoms with Gasteiger partial charge >= 0.3 is 0 Å². The van der Waals surface area contributed by atoms with Gasteiger partial charge in [0.15, 0.2) is 5.16 Å². The van der Waals surface area contributed by atoms with Crippen LogP contribution in [-0.4, -0.2) is 38.4 Å². The van der Waals surface area contributed by atoms with Crippen LogP contribution in [0.3, 0.4) is 0 Å². The molecule has 5 nitrogen and oxygen atoms in total. The number of rotatable bonds is 7. The minimum atomic E-state index is -0.420. The summed E-state index contributed by atoms with van der Waals surface area (Å²) in [6.07, 6.45) is 1.74. The monoisotopic (exact) mass is 368 g/mol. The van der Waals surface area contributed by atoms with Crippen molar-refractivity contribution in [3.8, 4) is 0 Å². The molecule has 8 heteroatoms. The molecule has 1 heterocycles. The van der Waals surface area contributed by atoms with Crippen LogP contribution in [0.5, 0.6) is 0 Å². The summed E-state index contributed by atoms with van der Waals surface area (Å²) in [6.45, 7) is 6.23. The fourth-order valence-electron chi connectivity index (χ4n) is 2.05. The molecule has 0 saturated carbocycles. The van der Waals surface area contributed by atoms with Gasteiger partial charge in [0, 0.05) is 30.7 Å². The van der Waals surface area contributed by atoms with Gasteiger partial charge in [-0.3, -0.25) is 4.79 Å². The Morgan fingerprint density at radius 3 is 2.92 bits per heavy atom. The maximum atomic E-state index is 13.8. The van der Waals surface area contributed by atoms with Gasteiger partial charge < -0.3 is 9.47 Å². The van der Waals surface area contributed by atoms with E-state index >= 15 is 0 Å². The highest BCUT2D eigenvalue weighted by Gasteiger charge is 2.16. The van der Waals surface area contributed by atoms with Crippen LogP contribution >= 0.6 is 23.4 Å². The highest BCUT2D eigenvalue weighted by Crippen LogP contribution is 2.22. The lowest BCUT2D eigenvalue weighted by atomic mass is 10.2. The first kappa shape index (κ1) is 18.5. The van der Waals surface area contributed by atoms with Crippen LogP contribution in [-0.2, 0) is 17.9 Å². The summed E-state index contributed by atoms with van der Waals surface area (Å²) < 4.78 is 15.7. The predicted molar refractivity (Wildman–Crippen MR) is 93.6 cm³/mol. The molecule has 0 saturated heterocycles. The van der Waals surface area contributed by atoms with E-state index in [1.165, 1.54) is 28.8 Å². The highest BCUT2D eigenvalue weighted by atomic mass is 35.5. The summed E-state index contributed by atoms with van der Waals surface area (Å²) in [5, 5.41) is 9.02. The van der Waals surface area contributed by atoms with Gasteiger partial charge in [0.05, 0.1) is 5.75 Å². The average molecular weight is 369 g/mol. The number of thioether (sulfide) groups is 1. The Labute approximate surface area is 149 Å². The van der Waals surface area contributed by atoms with Crippen LogP contribution in [0.4, 0.5) is 4.39 Å². The molecule has 1 amide bonds. The van der Waals surface area contributed by atoms with Crippen LogP contribution < -0.4 is 0 Å². The third-order valence-electron chi connectivity index (χ3n) is 3.42. The summed E-state index contributed by atoms with van der Waals surface area (Å²) in [4.78, 5) is 13.7. The lowest BCUT2D eigenvalue weighted by molar-refractivity contribution is -0.127. The van der Waals surface area contributed by atoms with Crippen molar-refractivity contribution < 1.29 is 9.18 Å². The van der Waals surface area contributed by atoms with Gasteiger partial charge in [-0.1, -0.05) is 35.5 Å². The molecule has 2 aromatic rings. The number of nitrogens with zero attached hydrogens (tertiary/aromatic N) is 4. The Morgan fingerprint density at radius 1 is 1.50 bits per heavy atom. The summed E-state index contributed by atoms with van der Waals surface area (Å²) in [6, 6.07) is 4.47. The van der Waals surface area contributed by atoms with Crippen molar-refractivity contribution in [2.75, 3.05) is 12.8 Å². The molecule has 0 aliphatic carbocycles. The molecule has 2 rings (SSSR count). The average Bonchev–Trinajstić information content (AvgIpc) is 2.89. The number of aromatic nitrogens is 3. The van der Waals surface area contributed by atoms with Crippen LogP contribution in [0.15, 0.2) is 36.0 Å². The van der Waals surface area contributed by atoms with Crippen molar-refractivity contribution >= 4 is 29.3 Å². The Balaban J connectivity index is 1.98. The predicted octanol–water partition coefficient (Wildman–Crippen LogP) is 3.32. The molecule has 0 aliphatic rings. The summed E-state index contributed by atoms with van der Waals surface area (Å²) in [5.74, 6) is 0.371. The summed E-state index contributed by atoms with van der Waals surface area (Å²) in [7, 11) is 1.62. The molecule has 0 spiro atoms. The molecule has 0 bridgehead atoms. The number of aryl methyl sites for hydroxylation is 1. The number of amides is 1. The Morgan fingerprint density at radius 2 is 2.25 bits per heavy atom. The molecule has 24 heavy (non-hydrogen) atoms. The van der Waals surface area contributed by atoms with E-state index in [-0.39, 0.29) is 18.2 Å². The first-order valence-corrected chi connectivity index (χ1v) is 8.60. The van der Waals surface area contributed by atoms with Crippen LogP contribution in [0, 0.1) is 12.7 Å². The number of benzene rings is 1. The van der Waals surface area contributed by atoms with Gasteiger partial charge in [0.1, 0.15) is 11.6 Å². The standard InChI is InChI=1S/C16H18ClFN4OS/c1-4-8-22-11(2)19-20-16(22)24-10-15(23)21(3)9-12-13(17)6-5-7-14(12)18/h4-7H,1,8-10H2,2-3H3. The summed E-state index contributed by atoms with van der Waals surface area (Å²) >= 11 is 7.28. The molecule has 0 radical (unpaired) electrons. The number of allylic oxidation sites excluding steroid dienone is 1. The zero-order chi connectivity index (χ0) is 17.7. The van der Waals surface area contributed by atoms with E-state index in [9.17, 15) is 9.18 Å². The van der Waals surface area contributed by atoms with Gasteiger partial charge in [-0.25, -0.2) is 4.39 Å². The number of hydrogen-bond donors (Lipinski definition) is 0. The minimum absolute atomic E-state index is 0.114. The summed E-state index contributed by atoms with van der Waals surface area (Å²) in [5.41, 5.74) is 0.311. The van der Waals surface area contributed by atoms with Gasteiger partial charge in [0.25, 0.3) is 0 Å². The molecule has 0 N–H and O–H groups in total. The van der Waals surface area contributed by atoms with Crippen LogP contribution in [0.25, 0.3) is 0 Å². The number of carbonyl (C=O) groups excluding carboxylic acids is 1. The Hall–Kier alpha value is -1.86. The first-order chi connectivity index (χ1) is 11.4. The molecule has 0 unspecified atom stereocenters. The van der Waals surface area contributed by atoms with Gasteiger partial charge in [-0.05, 0) is 19.1 Å². The molecule has 128 valence electrons. The number of hydrogen-bond acceptors (Lipinski definition) is 4.